The molecule has 0 aliphatic heterocycles. The highest BCUT2D eigenvalue weighted by Crippen LogP contribution is 2.36. The van der Waals surface area contributed by atoms with Crippen molar-refractivity contribution in [2.75, 3.05) is 0 Å². The highest BCUT2D eigenvalue weighted by molar-refractivity contribution is 8.67. The van der Waals surface area contributed by atoms with Crippen LogP contribution in [-0.2, 0) is 16.6 Å². The molecule has 2 N–H and O–H groups in total. The van der Waals surface area contributed by atoms with Crippen LogP contribution in [0.4, 0.5) is 0 Å². The summed E-state index contributed by atoms with van der Waals surface area (Å²) in [7, 11) is 0. The Morgan fingerprint density at radius 3 is 2.17 bits per heavy atom. The molecule has 0 saturated heterocycles. The van der Waals surface area contributed by atoms with Crippen LogP contribution in [0.3, 0.4) is 0 Å². The molecule has 0 fully saturated rings. The van der Waals surface area contributed by atoms with Crippen molar-refractivity contribution in [3.63, 3.8) is 0 Å². The lowest BCUT2D eigenvalue weighted by Gasteiger charge is -1.90. The van der Waals surface area contributed by atoms with Crippen LogP contribution in [0.15, 0.2) is 0 Å². The van der Waals surface area contributed by atoms with Crippen LogP contribution in [0.2, 0.25) is 0 Å². The molecule has 6 heavy (non-hydrogen) atoms. The zero-order valence-corrected chi connectivity index (χ0v) is 5.47. The van der Waals surface area contributed by atoms with Gasteiger partial charge in [-0.05, 0) is 0 Å². The highest BCUT2D eigenvalue weighted by atomic mass is 32.9. The van der Waals surface area contributed by atoms with Gasteiger partial charge in [0.2, 0.25) is 0 Å². The van der Waals surface area contributed by atoms with Gasteiger partial charge in [0.1, 0.15) is 5.39 Å². The second-order valence-electron chi connectivity index (χ2n) is 0.778. The average molecular weight is 141 g/mol. The smallest absolute Gasteiger partial charge is 0.175 e. The van der Waals surface area contributed by atoms with Crippen molar-refractivity contribution < 1.29 is 4.79 Å². The Morgan fingerprint density at radius 1 is 2.00 bits per heavy atom. The van der Waals surface area contributed by atoms with E-state index in [4.69, 9.17) is 5.50 Å². The molecule has 0 radical (unpaired) electrons. The van der Waals surface area contributed by atoms with Crippen LogP contribution >= 0.6 is 17.6 Å². The molecule has 0 saturated carbocycles. The summed E-state index contributed by atoms with van der Waals surface area (Å²) in [4.78, 5) is 9.57. The molecule has 0 spiro atoms. The van der Waals surface area contributed by atoms with Gasteiger partial charge in [0, 0.05) is 0 Å². The standard InChI is InChI=1S/CH4NOPS2/c2-4(5,6)1-3/h1H,(H3,2,5,6). The summed E-state index contributed by atoms with van der Waals surface area (Å²) in [5.74, 6) is 0. The molecular formula is CH4NOPS2. The summed E-state index contributed by atoms with van der Waals surface area (Å²) in [5, 5.41) is -2.30. The van der Waals surface area contributed by atoms with Crippen LogP contribution in [0.25, 0.3) is 0 Å². The first-order valence-electron chi connectivity index (χ1n) is 1.13. The summed E-state index contributed by atoms with van der Waals surface area (Å²) in [6.07, 6.45) is 0. The van der Waals surface area contributed by atoms with Crippen molar-refractivity contribution in [1.29, 1.82) is 0 Å². The normalized spacial score (nSPS) is 19.0. The third-order valence-electron chi connectivity index (χ3n) is 0.151. The second-order valence-corrected chi connectivity index (χ2v) is 6.94. The Bertz CT molecular complexity index is 95.7. The van der Waals surface area contributed by atoms with Gasteiger partial charge in [0.25, 0.3) is 0 Å². The molecule has 0 aromatic heterocycles. The predicted molar refractivity (Wildman–Crippen MR) is 34.2 cm³/mol. The molecule has 0 rings (SSSR count). The first-order chi connectivity index (χ1) is 2.56. The number of thiol groups is 1. The first-order valence-corrected chi connectivity index (χ1v) is 5.23. The van der Waals surface area contributed by atoms with E-state index < -0.39 is 5.39 Å². The molecule has 0 heterocycles. The lowest BCUT2D eigenvalue weighted by Crippen LogP contribution is -1.83. The number of carbonyl (C=O) groups excluding carboxylic acids is 1. The van der Waals surface area contributed by atoms with Gasteiger partial charge >= 0.3 is 0 Å². The summed E-state index contributed by atoms with van der Waals surface area (Å²) in [6, 6.07) is 0.505. The Balaban J connectivity index is 3.81. The topological polar surface area (TPSA) is 43.1 Å². The van der Waals surface area contributed by atoms with E-state index in [-0.39, 0.29) is 0 Å². The summed E-state index contributed by atoms with van der Waals surface area (Å²) in [6.45, 7) is 0. The van der Waals surface area contributed by atoms with E-state index in [0.717, 1.165) is 0 Å². The van der Waals surface area contributed by atoms with Crippen LogP contribution in [-0.4, -0.2) is 6.03 Å². The van der Waals surface area contributed by atoms with Crippen molar-refractivity contribution in [2.24, 2.45) is 5.50 Å². The first kappa shape index (κ1) is 6.63. The third-order valence-corrected chi connectivity index (χ3v) is 0.994. The van der Waals surface area contributed by atoms with Crippen LogP contribution in [0.5, 0.6) is 0 Å². The molecule has 1 unspecified atom stereocenters. The maximum atomic E-state index is 9.57. The minimum absolute atomic E-state index is 0.505. The number of nitrogens with two attached hydrogens (primary N) is 1. The predicted octanol–water partition coefficient (Wildman–Crippen LogP) is 0.375. The molecule has 0 amide bonds. The highest BCUT2D eigenvalue weighted by Gasteiger charge is 1.95. The molecule has 36 valence electrons. The third kappa shape index (κ3) is 4.63. The van der Waals surface area contributed by atoms with E-state index in [2.05, 4.69) is 24.1 Å². The average Bonchev–Trinajstić information content (AvgIpc) is 1.35. The molecule has 1 atom stereocenters. The molecular weight excluding hydrogens is 137 g/mol. The van der Waals surface area contributed by atoms with Crippen LogP contribution in [0.1, 0.15) is 0 Å². The summed E-state index contributed by atoms with van der Waals surface area (Å²) < 4.78 is 0. The van der Waals surface area contributed by atoms with Crippen LogP contribution in [0, 0.1) is 0 Å². The van der Waals surface area contributed by atoms with Gasteiger partial charge in [-0.3, -0.25) is 10.3 Å². The number of hydrogen-bond donors (Lipinski definition) is 2. The Kier molecular flexibility index (Phi) is 2.29. The van der Waals surface area contributed by atoms with Crippen molar-refractivity contribution in [3.05, 3.63) is 0 Å². The van der Waals surface area contributed by atoms with Gasteiger partial charge in [-0.15, -0.1) is 12.2 Å². The quantitative estimate of drug-likeness (QED) is 0.315. The lowest BCUT2D eigenvalue weighted by atomic mass is 11.8. The molecule has 5 heteroatoms. The maximum absolute atomic E-state index is 9.57. The van der Waals surface area contributed by atoms with Crippen LogP contribution < -0.4 is 5.50 Å². The van der Waals surface area contributed by atoms with Gasteiger partial charge in [0.05, 0.1) is 0 Å². The van der Waals surface area contributed by atoms with Crippen molar-refractivity contribution in [2.45, 2.75) is 0 Å². The van der Waals surface area contributed by atoms with E-state index in [0.29, 0.717) is 6.03 Å². The Labute approximate surface area is 46.3 Å². The minimum Gasteiger partial charge on any atom is -0.295 e. The number of hydrogen-bond acceptors (Lipinski definition) is 2. The molecule has 0 aromatic rings. The zero-order valence-electron chi connectivity index (χ0n) is 2.87. The molecule has 2 nitrogen and oxygen atoms in total. The van der Waals surface area contributed by atoms with E-state index in [1.54, 1.807) is 0 Å². The molecule has 0 bridgehead atoms. The van der Waals surface area contributed by atoms with Gasteiger partial charge in [-0.25, -0.2) is 0 Å². The fourth-order valence-electron chi connectivity index (χ4n) is 0. The molecule has 0 aliphatic carbocycles. The van der Waals surface area contributed by atoms with E-state index in [1.807, 2.05) is 0 Å². The second kappa shape index (κ2) is 2.07. The fourth-order valence-corrected chi connectivity index (χ4v) is 0. The van der Waals surface area contributed by atoms with Gasteiger partial charge < -0.3 is 0 Å². The van der Waals surface area contributed by atoms with Gasteiger partial charge in [-0.1, -0.05) is 11.8 Å². The Morgan fingerprint density at radius 2 is 2.17 bits per heavy atom. The largest absolute Gasteiger partial charge is 0.295 e. The minimum atomic E-state index is -2.30. The summed E-state index contributed by atoms with van der Waals surface area (Å²) >= 11 is 7.96. The molecule has 0 aromatic carbocycles. The fraction of sp³-hybridized carbons (Fsp3) is 0. The van der Waals surface area contributed by atoms with Crippen molar-refractivity contribution in [1.82, 2.24) is 0 Å². The zero-order chi connectivity index (χ0) is 5.21. The monoisotopic (exact) mass is 141 g/mol. The van der Waals surface area contributed by atoms with E-state index >= 15 is 0 Å². The number of carbonyl (C=O) groups is 1. The lowest BCUT2D eigenvalue weighted by molar-refractivity contribution is 0.569. The molecule has 0 aliphatic rings. The van der Waals surface area contributed by atoms with Crippen molar-refractivity contribution >= 4 is 35.5 Å². The maximum Gasteiger partial charge on any atom is 0.175 e. The van der Waals surface area contributed by atoms with Gasteiger partial charge in [-0.2, -0.15) is 0 Å². The van der Waals surface area contributed by atoms with E-state index in [9.17, 15) is 4.79 Å². The summed E-state index contributed by atoms with van der Waals surface area (Å²) in [5.41, 5.74) is 4.96. The number of rotatable bonds is 1. The van der Waals surface area contributed by atoms with E-state index in [1.165, 1.54) is 0 Å². The van der Waals surface area contributed by atoms with Gasteiger partial charge in [0.15, 0.2) is 6.03 Å². The Hall–Kier alpha value is 0.630. The SMILES string of the molecule is NP(=S)(S)C=O. The van der Waals surface area contributed by atoms with Crippen molar-refractivity contribution in [3.8, 4) is 0 Å².